The molecular weight excluding hydrogens is 106 g/mol. The third-order valence-electron chi connectivity index (χ3n) is 0.640. The summed E-state index contributed by atoms with van der Waals surface area (Å²) in [6.45, 7) is 0. The Kier molecular flexibility index (Phi) is 1.37. The molecule has 0 bridgehead atoms. The standard InChI is InChI=1S/C4H4N3O/c1-8-4-2-6-7-3-5-4/h2H,1H3. The number of aromatic nitrogens is 3. The van der Waals surface area contributed by atoms with Crippen molar-refractivity contribution >= 4 is 0 Å². The molecular formula is C4H4N3O. The van der Waals surface area contributed by atoms with Gasteiger partial charge in [0.2, 0.25) is 12.2 Å². The van der Waals surface area contributed by atoms with E-state index in [2.05, 4.69) is 26.2 Å². The molecule has 0 unspecified atom stereocenters. The summed E-state index contributed by atoms with van der Waals surface area (Å²) in [6, 6.07) is 0. The first-order valence-corrected chi connectivity index (χ1v) is 2.03. The van der Waals surface area contributed by atoms with Crippen LogP contribution in [0.25, 0.3) is 0 Å². The van der Waals surface area contributed by atoms with E-state index in [-0.39, 0.29) is 0 Å². The Bertz CT molecular complexity index is 153. The van der Waals surface area contributed by atoms with Crippen molar-refractivity contribution in [1.29, 1.82) is 0 Å². The van der Waals surface area contributed by atoms with Crippen molar-refractivity contribution in [3.63, 3.8) is 0 Å². The van der Waals surface area contributed by atoms with E-state index in [1.165, 1.54) is 13.3 Å². The monoisotopic (exact) mass is 110 g/mol. The second kappa shape index (κ2) is 2.20. The maximum absolute atomic E-state index is 4.67. The van der Waals surface area contributed by atoms with Crippen LogP contribution in [0.1, 0.15) is 0 Å². The molecule has 1 rings (SSSR count). The molecule has 41 valence electrons. The fourth-order valence-electron chi connectivity index (χ4n) is 0.303. The van der Waals surface area contributed by atoms with Crippen LogP contribution in [0.4, 0.5) is 0 Å². The van der Waals surface area contributed by atoms with Gasteiger partial charge < -0.3 is 4.74 Å². The van der Waals surface area contributed by atoms with Gasteiger partial charge in [0.15, 0.2) is 0 Å². The molecule has 4 heteroatoms. The number of methoxy groups -OCH3 is 1. The molecule has 0 aliphatic carbocycles. The van der Waals surface area contributed by atoms with Crippen LogP contribution in [0.15, 0.2) is 6.20 Å². The Morgan fingerprint density at radius 3 is 3.00 bits per heavy atom. The summed E-state index contributed by atoms with van der Waals surface area (Å²) in [6.07, 6.45) is 3.69. The predicted molar refractivity (Wildman–Crippen MR) is 25.2 cm³/mol. The van der Waals surface area contributed by atoms with Crippen molar-refractivity contribution in [3.8, 4) is 5.88 Å². The molecule has 0 amide bonds. The van der Waals surface area contributed by atoms with Gasteiger partial charge in [0, 0.05) is 0 Å². The summed E-state index contributed by atoms with van der Waals surface area (Å²) in [5.74, 6) is 0.431. The average molecular weight is 110 g/mol. The van der Waals surface area contributed by atoms with Crippen molar-refractivity contribution in [3.05, 3.63) is 12.5 Å². The first-order chi connectivity index (χ1) is 3.93. The zero-order chi connectivity index (χ0) is 5.82. The van der Waals surface area contributed by atoms with Crippen molar-refractivity contribution in [2.75, 3.05) is 7.11 Å². The maximum atomic E-state index is 4.67. The molecule has 0 aliphatic heterocycles. The first-order valence-electron chi connectivity index (χ1n) is 2.03. The van der Waals surface area contributed by atoms with Gasteiger partial charge in [-0.1, -0.05) is 0 Å². The Hall–Kier alpha value is -1.19. The van der Waals surface area contributed by atoms with Gasteiger partial charge in [-0.3, -0.25) is 0 Å². The minimum Gasteiger partial charge on any atom is -0.480 e. The van der Waals surface area contributed by atoms with E-state index in [1.54, 1.807) is 0 Å². The van der Waals surface area contributed by atoms with Gasteiger partial charge in [-0.25, -0.2) is 0 Å². The smallest absolute Gasteiger partial charge is 0.236 e. The molecule has 1 radical (unpaired) electrons. The summed E-state index contributed by atoms with van der Waals surface area (Å²) in [7, 11) is 1.51. The topological polar surface area (TPSA) is 47.9 Å². The van der Waals surface area contributed by atoms with Gasteiger partial charge in [0.05, 0.1) is 7.11 Å². The number of nitrogens with zero attached hydrogens (tertiary/aromatic N) is 3. The van der Waals surface area contributed by atoms with Gasteiger partial charge in [0.25, 0.3) is 0 Å². The minimum absolute atomic E-state index is 0.431. The fraction of sp³-hybridized carbons (Fsp3) is 0.250. The van der Waals surface area contributed by atoms with Crippen LogP contribution in [0.2, 0.25) is 0 Å². The van der Waals surface area contributed by atoms with Crippen LogP contribution in [-0.2, 0) is 0 Å². The Labute approximate surface area is 46.5 Å². The maximum Gasteiger partial charge on any atom is 0.236 e. The third-order valence-corrected chi connectivity index (χ3v) is 0.640. The first kappa shape index (κ1) is 4.96. The highest BCUT2D eigenvalue weighted by atomic mass is 16.5. The molecule has 0 fully saturated rings. The lowest BCUT2D eigenvalue weighted by atomic mass is 10.8. The van der Waals surface area contributed by atoms with E-state index in [1.807, 2.05) is 0 Å². The van der Waals surface area contributed by atoms with Gasteiger partial charge in [0.1, 0.15) is 6.20 Å². The lowest BCUT2D eigenvalue weighted by Gasteiger charge is -1.90. The lowest BCUT2D eigenvalue weighted by molar-refractivity contribution is 0.393. The molecule has 4 nitrogen and oxygen atoms in total. The van der Waals surface area contributed by atoms with Crippen LogP contribution in [0.3, 0.4) is 0 Å². The summed E-state index contributed by atoms with van der Waals surface area (Å²) in [5, 5.41) is 6.79. The Balaban J connectivity index is 2.83. The number of hydrogen-bond acceptors (Lipinski definition) is 4. The molecule has 1 heterocycles. The van der Waals surface area contributed by atoms with Gasteiger partial charge in [-0.15, -0.1) is 5.10 Å². The number of rotatable bonds is 1. The second-order valence-electron chi connectivity index (χ2n) is 1.10. The minimum atomic E-state index is 0.431. The summed E-state index contributed by atoms with van der Waals surface area (Å²) >= 11 is 0. The van der Waals surface area contributed by atoms with Crippen molar-refractivity contribution in [1.82, 2.24) is 15.2 Å². The molecule has 0 spiro atoms. The van der Waals surface area contributed by atoms with Crippen LogP contribution in [-0.4, -0.2) is 22.3 Å². The summed E-state index contributed by atoms with van der Waals surface area (Å²) < 4.78 is 4.67. The zero-order valence-electron chi connectivity index (χ0n) is 4.33. The van der Waals surface area contributed by atoms with E-state index in [0.29, 0.717) is 5.88 Å². The second-order valence-corrected chi connectivity index (χ2v) is 1.10. The van der Waals surface area contributed by atoms with E-state index < -0.39 is 0 Å². The largest absolute Gasteiger partial charge is 0.480 e. The van der Waals surface area contributed by atoms with Crippen LogP contribution >= 0.6 is 0 Å². The van der Waals surface area contributed by atoms with Crippen LogP contribution in [0.5, 0.6) is 5.88 Å². The molecule has 0 saturated carbocycles. The molecule has 8 heavy (non-hydrogen) atoms. The Morgan fingerprint density at radius 2 is 2.62 bits per heavy atom. The molecule has 0 aromatic carbocycles. The molecule has 0 aliphatic rings. The zero-order valence-corrected chi connectivity index (χ0v) is 4.33. The average Bonchev–Trinajstić information content (AvgIpc) is 1.90. The predicted octanol–water partition coefficient (Wildman–Crippen LogP) is -0.320. The summed E-state index contributed by atoms with van der Waals surface area (Å²) in [4.78, 5) is 3.58. The van der Waals surface area contributed by atoms with Gasteiger partial charge in [-0.05, 0) is 0 Å². The summed E-state index contributed by atoms with van der Waals surface area (Å²) in [5.41, 5.74) is 0. The van der Waals surface area contributed by atoms with Crippen molar-refractivity contribution in [2.24, 2.45) is 0 Å². The number of ether oxygens (including phenoxy) is 1. The van der Waals surface area contributed by atoms with Gasteiger partial charge >= 0.3 is 0 Å². The van der Waals surface area contributed by atoms with E-state index in [9.17, 15) is 0 Å². The van der Waals surface area contributed by atoms with Crippen molar-refractivity contribution < 1.29 is 4.74 Å². The van der Waals surface area contributed by atoms with E-state index >= 15 is 0 Å². The molecule has 0 N–H and O–H groups in total. The molecule has 1 aromatic rings. The quantitative estimate of drug-likeness (QED) is 0.497. The Morgan fingerprint density at radius 1 is 1.75 bits per heavy atom. The van der Waals surface area contributed by atoms with Crippen LogP contribution < -0.4 is 4.74 Å². The highest BCUT2D eigenvalue weighted by molar-refractivity contribution is 4.96. The van der Waals surface area contributed by atoms with E-state index in [0.717, 1.165) is 0 Å². The highest BCUT2D eigenvalue weighted by Crippen LogP contribution is 1.94. The highest BCUT2D eigenvalue weighted by Gasteiger charge is 1.85. The van der Waals surface area contributed by atoms with E-state index in [4.69, 9.17) is 0 Å². The van der Waals surface area contributed by atoms with Crippen LogP contribution in [0, 0.1) is 6.33 Å². The SMILES string of the molecule is COc1cnn[c]n1. The molecule has 0 saturated heterocycles. The molecule has 0 atom stereocenters. The lowest BCUT2D eigenvalue weighted by Crippen LogP contribution is -1.89. The number of hydrogen-bond donors (Lipinski definition) is 0. The fourth-order valence-corrected chi connectivity index (χ4v) is 0.303. The molecule has 1 aromatic heterocycles. The third kappa shape index (κ3) is 0.900. The van der Waals surface area contributed by atoms with Gasteiger partial charge in [-0.2, -0.15) is 10.1 Å². The van der Waals surface area contributed by atoms with Crippen molar-refractivity contribution in [2.45, 2.75) is 0 Å². The normalized spacial score (nSPS) is 8.62.